The summed E-state index contributed by atoms with van der Waals surface area (Å²) < 4.78 is 28.6. The molecule has 1 aromatic heterocycles. The fraction of sp³-hybridized carbons (Fsp3) is 0.167. The number of benzene rings is 2. The Bertz CT molecular complexity index is 955. The van der Waals surface area contributed by atoms with Crippen molar-refractivity contribution in [3.63, 3.8) is 0 Å². The van der Waals surface area contributed by atoms with E-state index < -0.39 is 16.1 Å². The Morgan fingerprint density at radius 2 is 1.80 bits per heavy atom. The highest BCUT2D eigenvalue weighted by atomic mass is 79.9. The van der Waals surface area contributed by atoms with Gasteiger partial charge in [-0.25, -0.2) is 18.1 Å². The topological polar surface area (TPSA) is 74.8 Å². The number of nitrogens with one attached hydrogen (secondary N) is 2. The van der Waals surface area contributed by atoms with Gasteiger partial charge in [0.1, 0.15) is 5.82 Å². The van der Waals surface area contributed by atoms with Gasteiger partial charge in [-0.05, 0) is 40.0 Å². The van der Waals surface area contributed by atoms with Crippen LogP contribution in [0.3, 0.4) is 0 Å². The Labute approximate surface area is 155 Å². The third-order valence-electron chi connectivity index (χ3n) is 3.84. The standard InChI is InChI=1S/C18H18BrN3O2S/c1-2-15(22-25(23,24)17-11-7-6-10-14(17)19)18-20-12-16(21-18)13-8-4-3-5-9-13/h3-12,15,22H,2H2,1H3,(H,20,21). The molecule has 0 bridgehead atoms. The lowest BCUT2D eigenvalue weighted by Crippen LogP contribution is -2.29. The Kier molecular flexibility index (Phi) is 5.36. The van der Waals surface area contributed by atoms with E-state index in [-0.39, 0.29) is 4.90 Å². The number of rotatable bonds is 6. The molecule has 3 rings (SSSR count). The monoisotopic (exact) mass is 419 g/mol. The van der Waals surface area contributed by atoms with Crippen molar-refractivity contribution in [3.8, 4) is 11.3 Å². The van der Waals surface area contributed by atoms with Crippen molar-refractivity contribution in [1.29, 1.82) is 0 Å². The molecule has 1 atom stereocenters. The van der Waals surface area contributed by atoms with Crippen LogP contribution in [0.4, 0.5) is 0 Å². The summed E-state index contributed by atoms with van der Waals surface area (Å²) in [6.07, 6.45) is 2.30. The fourth-order valence-electron chi connectivity index (χ4n) is 2.52. The van der Waals surface area contributed by atoms with E-state index >= 15 is 0 Å². The highest BCUT2D eigenvalue weighted by Gasteiger charge is 2.24. The molecular formula is C18H18BrN3O2S. The van der Waals surface area contributed by atoms with Crippen molar-refractivity contribution < 1.29 is 8.42 Å². The SMILES string of the molecule is CCC(NS(=O)(=O)c1ccccc1Br)c1ncc(-c2ccccc2)[nH]1. The van der Waals surface area contributed by atoms with Crippen LogP contribution in [-0.4, -0.2) is 18.4 Å². The van der Waals surface area contributed by atoms with Gasteiger partial charge in [0.25, 0.3) is 0 Å². The number of imidazole rings is 1. The van der Waals surface area contributed by atoms with Crippen LogP contribution in [0.15, 0.2) is 70.2 Å². The van der Waals surface area contributed by atoms with Crippen LogP contribution in [0.25, 0.3) is 11.3 Å². The number of aromatic amines is 1. The molecule has 0 aliphatic rings. The smallest absolute Gasteiger partial charge is 0.242 e. The van der Waals surface area contributed by atoms with Crippen molar-refractivity contribution in [2.24, 2.45) is 0 Å². The Morgan fingerprint density at radius 1 is 1.12 bits per heavy atom. The number of halogens is 1. The maximum absolute atomic E-state index is 12.7. The highest BCUT2D eigenvalue weighted by Crippen LogP contribution is 2.25. The van der Waals surface area contributed by atoms with Gasteiger partial charge < -0.3 is 4.98 Å². The molecule has 2 N–H and O–H groups in total. The zero-order valence-electron chi connectivity index (χ0n) is 13.6. The molecule has 0 spiro atoms. The zero-order chi connectivity index (χ0) is 17.9. The van der Waals surface area contributed by atoms with Gasteiger partial charge in [-0.3, -0.25) is 0 Å². The Hall–Kier alpha value is -1.96. The predicted octanol–water partition coefficient (Wildman–Crippen LogP) is 4.27. The lowest BCUT2D eigenvalue weighted by atomic mass is 10.2. The van der Waals surface area contributed by atoms with Crippen LogP contribution in [0.1, 0.15) is 25.2 Å². The second-order valence-electron chi connectivity index (χ2n) is 5.56. The molecule has 0 fully saturated rings. The van der Waals surface area contributed by atoms with Crippen molar-refractivity contribution in [3.05, 3.63) is 71.1 Å². The minimum atomic E-state index is -3.66. The van der Waals surface area contributed by atoms with Gasteiger partial charge in [0.15, 0.2) is 0 Å². The summed E-state index contributed by atoms with van der Waals surface area (Å²) in [4.78, 5) is 7.80. The highest BCUT2D eigenvalue weighted by molar-refractivity contribution is 9.10. The predicted molar refractivity (Wildman–Crippen MR) is 102 cm³/mol. The van der Waals surface area contributed by atoms with Gasteiger partial charge >= 0.3 is 0 Å². The second kappa shape index (κ2) is 7.51. The summed E-state index contributed by atoms with van der Waals surface area (Å²) >= 11 is 3.29. The van der Waals surface area contributed by atoms with Crippen LogP contribution in [-0.2, 0) is 10.0 Å². The number of nitrogens with zero attached hydrogens (tertiary/aromatic N) is 1. The average molecular weight is 420 g/mol. The van der Waals surface area contributed by atoms with Crippen LogP contribution < -0.4 is 4.72 Å². The molecule has 0 saturated heterocycles. The second-order valence-corrected chi connectivity index (χ2v) is 8.10. The number of aromatic nitrogens is 2. The Morgan fingerprint density at radius 3 is 2.48 bits per heavy atom. The van der Waals surface area contributed by atoms with Crippen molar-refractivity contribution in [2.45, 2.75) is 24.3 Å². The molecule has 5 nitrogen and oxygen atoms in total. The molecule has 2 aromatic carbocycles. The number of sulfonamides is 1. The lowest BCUT2D eigenvalue weighted by Gasteiger charge is -2.15. The molecule has 3 aromatic rings. The van der Waals surface area contributed by atoms with E-state index in [4.69, 9.17) is 0 Å². The molecule has 0 aliphatic heterocycles. The summed E-state index contributed by atoms with van der Waals surface area (Å²) in [5, 5.41) is 0. The third-order valence-corrected chi connectivity index (χ3v) is 6.33. The van der Waals surface area contributed by atoms with Crippen molar-refractivity contribution >= 4 is 26.0 Å². The number of hydrogen-bond donors (Lipinski definition) is 2. The minimum Gasteiger partial charge on any atom is -0.341 e. The zero-order valence-corrected chi connectivity index (χ0v) is 16.0. The maximum atomic E-state index is 12.7. The van der Waals surface area contributed by atoms with E-state index in [1.165, 1.54) is 0 Å². The molecule has 1 heterocycles. The first-order valence-corrected chi connectivity index (χ1v) is 10.2. The van der Waals surface area contributed by atoms with E-state index in [1.807, 2.05) is 37.3 Å². The lowest BCUT2D eigenvalue weighted by molar-refractivity contribution is 0.539. The quantitative estimate of drug-likeness (QED) is 0.626. The first-order valence-electron chi connectivity index (χ1n) is 7.88. The van der Waals surface area contributed by atoms with E-state index in [0.717, 1.165) is 11.3 Å². The van der Waals surface area contributed by atoms with Gasteiger partial charge in [-0.15, -0.1) is 0 Å². The van der Waals surface area contributed by atoms with Crippen molar-refractivity contribution in [2.75, 3.05) is 0 Å². The van der Waals surface area contributed by atoms with Gasteiger partial charge in [0, 0.05) is 4.47 Å². The van der Waals surface area contributed by atoms with Crippen LogP contribution in [0, 0.1) is 0 Å². The summed E-state index contributed by atoms with van der Waals surface area (Å²) in [5.41, 5.74) is 1.86. The van der Waals surface area contributed by atoms with Gasteiger partial charge in [0.05, 0.1) is 22.8 Å². The van der Waals surface area contributed by atoms with Crippen LogP contribution in [0.2, 0.25) is 0 Å². The fourth-order valence-corrected chi connectivity index (χ4v) is 4.81. The first kappa shape index (κ1) is 17.8. The maximum Gasteiger partial charge on any atom is 0.242 e. The van der Waals surface area contributed by atoms with Gasteiger partial charge in [-0.2, -0.15) is 0 Å². The summed E-state index contributed by atoms with van der Waals surface area (Å²) in [6, 6.07) is 16.1. The summed E-state index contributed by atoms with van der Waals surface area (Å²) in [5.74, 6) is 0.594. The third kappa shape index (κ3) is 4.00. The van der Waals surface area contributed by atoms with Crippen LogP contribution >= 0.6 is 15.9 Å². The van der Waals surface area contributed by atoms with Crippen LogP contribution in [0.5, 0.6) is 0 Å². The summed E-state index contributed by atoms with van der Waals surface area (Å²) in [6.45, 7) is 1.91. The average Bonchev–Trinajstić information content (AvgIpc) is 3.11. The molecule has 130 valence electrons. The van der Waals surface area contributed by atoms with E-state index in [1.54, 1.807) is 30.5 Å². The molecular weight excluding hydrogens is 402 g/mol. The van der Waals surface area contributed by atoms with Gasteiger partial charge in [-0.1, -0.05) is 49.4 Å². The number of hydrogen-bond acceptors (Lipinski definition) is 3. The van der Waals surface area contributed by atoms with E-state index in [9.17, 15) is 8.42 Å². The largest absolute Gasteiger partial charge is 0.341 e. The number of H-pyrrole nitrogens is 1. The van der Waals surface area contributed by atoms with Gasteiger partial charge in [0.2, 0.25) is 10.0 Å². The van der Waals surface area contributed by atoms with E-state index in [2.05, 4.69) is 30.6 Å². The minimum absolute atomic E-state index is 0.211. The molecule has 0 amide bonds. The molecule has 25 heavy (non-hydrogen) atoms. The molecule has 0 radical (unpaired) electrons. The van der Waals surface area contributed by atoms with Crippen molar-refractivity contribution in [1.82, 2.24) is 14.7 Å². The molecule has 1 unspecified atom stereocenters. The summed E-state index contributed by atoms with van der Waals surface area (Å²) in [7, 11) is -3.66. The molecule has 0 saturated carbocycles. The first-order chi connectivity index (χ1) is 12.0. The normalized spacial score (nSPS) is 12.9. The molecule has 7 heteroatoms. The van der Waals surface area contributed by atoms with E-state index in [0.29, 0.717) is 16.7 Å². The molecule has 0 aliphatic carbocycles. The Balaban J connectivity index is 1.86.